The fourth-order valence-corrected chi connectivity index (χ4v) is 2.58. The summed E-state index contributed by atoms with van der Waals surface area (Å²) >= 11 is 0. The maximum absolute atomic E-state index is 5.89. The van der Waals surface area contributed by atoms with Crippen molar-refractivity contribution < 1.29 is 9.47 Å². The first-order valence-electron chi connectivity index (χ1n) is 6.40. The third-order valence-corrected chi connectivity index (χ3v) is 3.63. The molecule has 94 valence electrons. The lowest BCUT2D eigenvalue weighted by Gasteiger charge is -2.38. The van der Waals surface area contributed by atoms with Gasteiger partial charge in [0.05, 0.1) is 24.9 Å². The van der Waals surface area contributed by atoms with Gasteiger partial charge in [-0.2, -0.15) is 0 Å². The molecule has 0 aliphatic carbocycles. The van der Waals surface area contributed by atoms with Gasteiger partial charge in [0, 0.05) is 25.7 Å². The molecule has 2 rings (SSSR count). The van der Waals surface area contributed by atoms with Crippen LogP contribution in [0.2, 0.25) is 0 Å². The molecule has 2 saturated heterocycles. The number of hydrogen-bond acceptors (Lipinski definition) is 4. The monoisotopic (exact) mass is 228 g/mol. The van der Waals surface area contributed by atoms with E-state index in [1.807, 2.05) is 0 Å². The summed E-state index contributed by atoms with van der Waals surface area (Å²) in [4.78, 5) is 2.48. The second-order valence-electron chi connectivity index (χ2n) is 5.14. The molecule has 2 N–H and O–H groups in total. The van der Waals surface area contributed by atoms with Crippen LogP contribution in [0.25, 0.3) is 0 Å². The minimum atomic E-state index is 0.291. The molecule has 2 fully saturated rings. The summed E-state index contributed by atoms with van der Waals surface area (Å²) < 4.78 is 11.5. The van der Waals surface area contributed by atoms with Crippen molar-refractivity contribution in [1.82, 2.24) is 4.90 Å². The van der Waals surface area contributed by atoms with Crippen molar-refractivity contribution >= 4 is 0 Å². The molecule has 2 aliphatic heterocycles. The summed E-state index contributed by atoms with van der Waals surface area (Å²) in [7, 11) is 0. The van der Waals surface area contributed by atoms with E-state index in [0.717, 1.165) is 32.5 Å². The Bertz CT molecular complexity index is 225. The maximum Gasteiger partial charge on any atom is 0.0707 e. The summed E-state index contributed by atoms with van der Waals surface area (Å²) in [5.41, 5.74) is 5.62. The Hall–Kier alpha value is -0.160. The zero-order chi connectivity index (χ0) is 11.5. The zero-order valence-corrected chi connectivity index (χ0v) is 10.4. The third kappa shape index (κ3) is 2.94. The molecule has 0 aromatic carbocycles. The molecule has 4 unspecified atom stereocenters. The van der Waals surface area contributed by atoms with E-state index >= 15 is 0 Å². The Morgan fingerprint density at radius 1 is 1.25 bits per heavy atom. The van der Waals surface area contributed by atoms with Crippen LogP contribution in [0.5, 0.6) is 0 Å². The van der Waals surface area contributed by atoms with Crippen molar-refractivity contribution in [2.24, 2.45) is 5.73 Å². The average Bonchev–Trinajstić information content (AvgIpc) is 2.71. The Labute approximate surface area is 98.1 Å². The molecule has 4 atom stereocenters. The molecule has 2 aliphatic rings. The van der Waals surface area contributed by atoms with Crippen molar-refractivity contribution in [2.75, 3.05) is 26.2 Å². The van der Waals surface area contributed by atoms with Crippen molar-refractivity contribution in [3.8, 4) is 0 Å². The van der Waals surface area contributed by atoms with Crippen molar-refractivity contribution in [3.63, 3.8) is 0 Å². The zero-order valence-electron chi connectivity index (χ0n) is 10.4. The minimum Gasteiger partial charge on any atom is -0.376 e. The molecule has 0 aromatic rings. The van der Waals surface area contributed by atoms with Crippen LogP contribution in [-0.4, -0.2) is 55.5 Å². The summed E-state index contributed by atoms with van der Waals surface area (Å²) in [5.74, 6) is 0. The fraction of sp³-hybridized carbons (Fsp3) is 1.00. The van der Waals surface area contributed by atoms with E-state index in [-0.39, 0.29) is 0 Å². The number of ether oxygens (including phenoxy) is 2. The van der Waals surface area contributed by atoms with E-state index in [1.165, 1.54) is 0 Å². The van der Waals surface area contributed by atoms with E-state index < -0.39 is 0 Å². The second kappa shape index (κ2) is 5.45. The third-order valence-electron chi connectivity index (χ3n) is 3.63. The van der Waals surface area contributed by atoms with Gasteiger partial charge >= 0.3 is 0 Å². The fourth-order valence-electron chi connectivity index (χ4n) is 2.58. The minimum absolute atomic E-state index is 0.291. The molecule has 0 bridgehead atoms. The lowest BCUT2D eigenvalue weighted by atomic mass is 10.1. The van der Waals surface area contributed by atoms with Crippen LogP contribution >= 0.6 is 0 Å². The van der Waals surface area contributed by atoms with Gasteiger partial charge in [-0.3, -0.25) is 4.90 Å². The van der Waals surface area contributed by atoms with Crippen molar-refractivity contribution in [3.05, 3.63) is 0 Å². The van der Waals surface area contributed by atoms with Crippen molar-refractivity contribution in [2.45, 2.75) is 51.0 Å². The van der Waals surface area contributed by atoms with E-state index in [0.29, 0.717) is 30.9 Å². The van der Waals surface area contributed by atoms with E-state index in [4.69, 9.17) is 15.2 Å². The standard InChI is InChI=1S/C12H24N2O2/c1-9-8-15-10(2)6-14(9)7-12-4-3-11(5-13)16-12/h9-12H,3-8,13H2,1-2H3. The van der Waals surface area contributed by atoms with E-state index in [9.17, 15) is 0 Å². The van der Waals surface area contributed by atoms with Gasteiger partial charge in [-0.1, -0.05) is 0 Å². The van der Waals surface area contributed by atoms with E-state index in [1.54, 1.807) is 0 Å². The first-order valence-corrected chi connectivity index (χ1v) is 6.40. The Morgan fingerprint density at radius 2 is 2.00 bits per heavy atom. The van der Waals surface area contributed by atoms with Gasteiger partial charge in [-0.05, 0) is 26.7 Å². The molecule has 16 heavy (non-hydrogen) atoms. The van der Waals surface area contributed by atoms with Crippen molar-refractivity contribution in [1.29, 1.82) is 0 Å². The lowest BCUT2D eigenvalue weighted by molar-refractivity contribution is -0.0686. The van der Waals surface area contributed by atoms with Gasteiger partial charge in [0.15, 0.2) is 0 Å². The largest absolute Gasteiger partial charge is 0.376 e. The first-order chi connectivity index (χ1) is 7.69. The quantitative estimate of drug-likeness (QED) is 0.768. The molecule has 0 radical (unpaired) electrons. The molecule has 4 nitrogen and oxygen atoms in total. The second-order valence-corrected chi connectivity index (χ2v) is 5.14. The topological polar surface area (TPSA) is 47.7 Å². The molecule has 0 saturated carbocycles. The molecule has 4 heteroatoms. The lowest BCUT2D eigenvalue weighted by Crippen LogP contribution is -2.50. The van der Waals surface area contributed by atoms with Gasteiger partial charge in [0.25, 0.3) is 0 Å². The van der Waals surface area contributed by atoms with Gasteiger partial charge < -0.3 is 15.2 Å². The predicted molar refractivity (Wildman–Crippen MR) is 63.4 cm³/mol. The highest BCUT2D eigenvalue weighted by atomic mass is 16.5. The van der Waals surface area contributed by atoms with Gasteiger partial charge in [-0.15, -0.1) is 0 Å². The molecule has 0 amide bonds. The Balaban J connectivity index is 1.80. The summed E-state index contributed by atoms with van der Waals surface area (Å²) in [6, 6.07) is 0.511. The molecular formula is C12H24N2O2. The first kappa shape index (κ1) is 12.3. The molecular weight excluding hydrogens is 204 g/mol. The number of rotatable bonds is 3. The van der Waals surface area contributed by atoms with Crippen LogP contribution in [0.3, 0.4) is 0 Å². The summed E-state index contributed by atoms with van der Waals surface area (Å²) in [6.07, 6.45) is 3.29. The summed E-state index contributed by atoms with van der Waals surface area (Å²) in [6.45, 7) is 7.91. The molecule has 0 spiro atoms. The van der Waals surface area contributed by atoms with Crippen LogP contribution < -0.4 is 5.73 Å². The van der Waals surface area contributed by atoms with Gasteiger partial charge in [-0.25, -0.2) is 0 Å². The Kier molecular flexibility index (Phi) is 4.19. The maximum atomic E-state index is 5.89. The highest BCUT2D eigenvalue weighted by molar-refractivity contribution is 4.82. The number of nitrogens with two attached hydrogens (primary N) is 1. The highest BCUT2D eigenvalue weighted by Gasteiger charge is 2.30. The van der Waals surface area contributed by atoms with E-state index in [2.05, 4.69) is 18.7 Å². The number of hydrogen-bond donors (Lipinski definition) is 1. The SMILES string of the molecule is CC1CN(CC2CCC(CN)O2)C(C)CO1. The molecule has 2 heterocycles. The highest BCUT2D eigenvalue weighted by Crippen LogP contribution is 2.21. The average molecular weight is 228 g/mol. The van der Waals surface area contributed by atoms with Crippen LogP contribution in [-0.2, 0) is 9.47 Å². The normalized spacial score (nSPS) is 41.4. The van der Waals surface area contributed by atoms with Crippen LogP contribution in [0.15, 0.2) is 0 Å². The number of nitrogens with zero attached hydrogens (tertiary/aromatic N) is 1. The number of morpholine rings is 1. The summed E-state index contributed by atoms with van der Waals surface area (Å²) in [5, 5.41) is 0. The Morgan fingerprint density at radius 3 is 2.69 bits per heavy atom. The van der Waals surface area contributed by atoms with Crippen LogP contribution in [0.1, 0.15) is 26.7 Å². The van der Waals surface area contributed by atoms with Crippen LogP contribution in [0.4, 0.5) is 0 Å². The molecule has 0 aromatic heterocycles. The predicted octanol–water partition coefficient (Wildman–Crippen LogP) is 0.602. The van der Waals surface area contributed by atoms with Gasteiger partial charge in [0.1, 0.15) is 0 Å². The van der Waals surface area contributed by atoms with Crippen LogP contribution in [0, 0.1) is 0 Å². The van der Waals surface area contributed by atoms with Gasteiger partial charge in [0.2, 0.25) is 0 Å². The smallest absolute Gasteiger partial charge is 0.0707 e.